The van der Waals surface area contributed by atoms with E-state index in [0.717, 1.165) is 22.7 Å². The van der Waals surface area contributed by atoms with E-state index in [1.807, 2.05) is 13.8 Å². The number of aromatic nitrogens is 1. The highest BCUT2D eigenvalue weighted by Crippen LogP contribution is 2.21. The van der Waals surface area contributed by atoms with Crippen LogP contribution in [0.4, 0.5) is 5.13 Å². The second-order valence-corrected chi connectivity index (χ2v) is 4.69. The van der Waals surface area contributed by atoms with Gasteiger partial charge in [-0.15, -0.1) is 11.3 Å². The number of aryl methyl sites for hydroxylation is 2. The largest absolute Gasteiger partial charge is 0.302 e. The van der Waals surface area contributed by atoms with E-state index in [9.17, 15) is 4.79 Å². The minimum absolute atomic E-state index is 0.0211. The van der Waals surface area contributed by atoms with Crippen molar-refractivity contribution in [1.82, 2.24) is 4.98 Å². The summed E-state index contributed by atoms with van der Waals surface area (Å²) in [6.45, 7) is 3.94. The Kier molecular flexibility index (Phi) is 4.41. The molecule has 1 aromatic heterocycles. The van der Waals surface area contributed by atoms with Crippen LogP contribution in [0.5, 0.6) is 0 Å². The van der Waals surface area contributed by atoms with E-state index in [2.05, 4.69) is 22.9 Å². The van der Waals surface area contributed by atoms with Crippen LogP contribution in [0.3, 0.4) is 0 Å². The summed E-state index contributed by atoms with van der Waals surface area (Å²) in [4.78, 5) is 16.7. The molecule has 78 valence electrons. The molecule has 5 heteroatoms. The second-order valence-electron chi connectivity index (χ2n) is 3.04. The van der Waals surface area contributed by atoms with Crippen molar-refractivity contribution in [3.63, 3.8) is 0 Å². The third-order valence-electron chi connectivity index (χ3n) is 1.84. The number of carbonyl (C=O) groups excluding carboxylic acids is 1. The van der Waals surface area contributed by atoms with Gasteiger partial charge in [-0.25, -0.2) is 4.98 Å². The number of nitrogens with one attached hydrogen (secondary N) is 1. The molecule has 0 bridgehead atoms. The Morgan fingerprint density at radius 3 is 2.79 bits per heavy atom. The Morgan fingerprint density at radius 1 is 1.57 bits per heavy atom. The van der Waals surface area contributed by atoms with Gasteiger partial charge in [0, 0.05) is 11.3 Å². The zero-order chi connectivity index (χ0) is 10.6. The van der Waals surface area contributed by atoms with Crippen molar-refractivity contribution < 1.29 is 4.79 Å². The summed E-state index contributed by atoms with van der Waals surface area (Å²) < 4.78 is 0. The third kappa shape index (κ3) is 3.31. The van der Waals surface area contributed by atoms with Gasteiger partial charge in [-0.2, -0.15) is 12.6 Å². The van der Waals surface area contributed by atoms with Crippen LogP contribution in [-0.4, -0.2) is 16.6 Å². The van der Waals surface area contributed by atoms with Gasteiger partial charge in [0.25, 0.3) is 0 Å². The first-order valence-electron chi connectivity index (χ1n) is 4.48. The van der Waals surface area contributed by atoms with Crippen LogP contribution in [0.15, 0.2) is 0 Å². The topological polar surface area (TPSA) is 42.0 Å². The number of anilines is 1. The molecule has 0 aliphatic heterocycles. The molecule has 0 spiro atoms. The fourth-order valence-electron chi connectivity index (χ4n) is 0.948. The quantitative estimate of drug-likeness (QED) is 0.780. The number of hydrogen-bond acceptors (Lipinski definition) is 4. The van der Waals surface area contributed by atoms with Gasteiger partial charge in [-0.3, -0.25) is 4.79 Å². The monoisotopic (exact) mass is 230 g/mol. The fraction of sp³-hybridized carbons (Fsp3) is 0.556. The molecular weight excluding hydrogens is 216 g/mol. The van der Waals surface area contributed by atoms with Crippen molar-refractivity contribution in [1.29, 1.82) is 0 Å². The van der Waals surface area contributed by atoms with Crippen LogP contribution in [0, 0.1) is 13.8 Å². The molecule has 14 heavy (non-hydrogen) atoms. The van der Waals surface area contributed by atoms with Crippen molar-refractivity contribution >= 4 is 35.0 Å². The molecule has 1 heterocycles. The number of rotatable bonds is 4. The van der Waals surface area contributed by atoms with Crippen molar-refractivity contribution in [2.45, 2.75) is 26.7 Å². The van der Waals surface area contributed by atoms with Crippen LogP contribution >= 0.6 is 24.0 Å². The highest BCUT2D eigenvalue weighted by Gasteiger charge is 2.06. The van der Waals surface area contributed by atoms with E-state index in [4.69, 9.17) is 0 Å². The fourth-order valence-corrected chi connectivity index (χ4v) is 1.94. The molecule has 1 amide bonds. The number of thiazole rings is 1. The van der Waals surface area contributed by atoms with Gasteiger partial charge >= 0.3 is 0 Å². The van der Waals surface area contributed by atoms with Crippen LogP contribution < -0.4 is 5.32 Å². The van der Waals surface area contributed by atoms with E-state index in [-0.39, 0.29) is 5.91 Å². The lowest BCUT2D eigenvalue weighted by molar-refractivity contribution is -0.116. The van der Waals surface area contributed by atoms with E-state index in [1.165, 1.54) is 11.3 Å². The number of thiol groups is 1. The molecule has 1 aromatic rings. The minimum atomic E-state index is 0.0211. The molecule has 3 nitrogen and oxygen atoms in total. The Hall–Kier alpha value is -0.550. The van der Waals surface area contributed by atoms with Gasteiger partial charge < -0.3 is 5.32 Å². The summed E-state index contributed by atoms with van der Waals surface area (Å²) in [6, 6.07) is 0. The first kappa shape index (κ1) is 11.5. The predicted molar refractivity (Wildman–Crippen MR) is 63.3 cm³/mol. The molecule has 1 N–H and O–H groups in total. The van der Waals surface area contributed by atoms with E-state index in [0.29, 0.717) is 11.6 Å². The lowest BCUT2D eigenvalue weighted by atomic mass is 10.3. The first-order chi connectivity index (χ1) is 6.63. The molecule has 0 atom stereocenters. The normalized spacial score (nSPS) is 10.2. The summed E-state index contributed by atoms with van der Waals surface area (Å²) in [7, 11) is 0. The van der Waals surface area contributed by atoms with Crippen molar-refractivity contribution in [2.75, 3.05) is 11.1 Å². The molecule has 0 aliphatic carbocycles. The number of nitrogens with zero attached hydrogens (tertiary/aromatic N) is 1. The molecule has 0 fully saturated rings. The lowest BCUT2D eigenvalue weighted by Gasteiger charge is -1.98. The molecule has 0 radical (unpaired) electrons. The summed E-state index contributed by atoms with van der Waals surface area (Å²) in [5.74, 6) is 0.761. The zero-order valence-corrected chi connectivity index (χ0v) is 10.0. The Morgan fingerprint density at radius 2 is 2.29 bits per heavy atom. The number of hydrogen-bond donors (Lipinski definition) is 2. The van der Waals surface area contributed by atoms with Crippen LogP contribution in [0.1, 0.15) is 23.4 Å². The van der Waals surface area contributed by atoms with E-state index >= 15 is 0 Å². The van der Waals surface area contributed by atoms with Gasteiger partial charge in [0.15, 0.2) is 5.13 Å². The molecule has 1 rings (SSSR count). The molecule has 0 saturated heterocycles. The second kappa shape index (κ2) is 5.36. The molecule has 0 aromatic carbocycles. The molecule has 0 saturated carbocycles. The Balaban J connectivity index is 2.48. The van der Waals surface area contributed by atoms with E-state index in [1.54, 1.807) is 0 Å². The number of amides is 1. The smallest absolute Gasteiger partial charge is 0.226 e. The molecule has 0 unspecified atom stereocenters. The van der Waals surface area contributed by atoms with Gasteiger partial charge in [0.2, 0.25) is 5.91 Å². The first-order valence-corrected chi connectivity index (χ1v) is 5.93. The third-order valence-corrected chi connectivity index (χ3v) is 3.14. The van der Waals surface area contributed by atoms with Gasteiger partial charge in [-0.05, 0) is 26.0 Å². The summed E-state index contributed by atoms with van der Waals surface area (Å²) in [5, 5.41) is 3.47. The van der Waals surface area contributed by atoms with Gasteiger partial charge in [0.1, 0.15) is 0 Å². The van der Waals surface area contributed by atoms with E-state index < -0.39 is 0 Å². The summed E-state index contributed by atoms with van der Waals surface area (Å²) >= 11 is 5.56. The van der Waals surface area contributed by atoms with Gasteiger partial charge in [0.05, 0.1) is 5.69 Å². The SMILES string of the molecule is Cc1nc(NC(=O)CCCS)sc1C. The van der Waals surface area contributed by atoms with Gasteiger partial charge in [-0.1, -0.05) is 0 Å². The lowest BCUT2D eigenvalue weighted by Crippen LogP contribution is -2.10. The highest BCUT2D eigenvalue weighted by molar-refractivity contribution is 7.80. The maximum Gasteiger partial charge on any atom is 0.226 e. The Labute approximate surface area is 93.3 Å². The minimum Gasteiger partial charge on any atom is -0.302 e. The summed E-state index contributed by atoms with van der Waals surface area (Å²) in [6.07, 6.45) is 1.32. The van der Waals surface area contributed by atoms with Crippen molar-refractivity contribution in [2.24, 2.45) is 0 Å². The molecular formula is C9H14N2OS2. The van der Waals surface area contributed by atoms with Crippen molar-refractivity contribution in [3.8, 4) is 0 Å². The maximum atomic E-state index is 11.3. The van der Waals surface area contributed by atoms with Crippen LogP contribution in [0.2, 0.25) is 0 Å². The van der Waals surface area contributed by atoms with Crippen LogP contribution in [-0.2, 0) is 4.79 Å². The molecule has 0 aliphatic rings. The predicted octanol–water partition coefficient (Wildman–Crippen LogP) is 2.41. The average Bonchev–Trinajstić information content (AvgIpc) is 2.42. The zero-order valence-electron chi connectivity index (χ0n) is 8.33. The highest BCUT2D eigenvalue weighted by atomic mass is 32.1. The Bertz CT molecular complexity index is 303. The number of carbonyl (C=O) groups is 1. The summed E-state index contributed by atoms with van der Waals surface area (Å²) in [5.41, 5.74) is 0.986. The maximum absolute atomic E-state index is 11.3. The standard InChI is InChI=1S/C9H14N2OS2/c1-6-7(2)14-9(10-6)11-8(12)4-3-5-13/h13H,3-5H2,1-2H3,(H,10,11,12). The van der Waals surface area contributed by atoms with Crippen LogP contribution in [0.25, 0.3) is 0 Å². The van der Waals surface area contributed by atoms with Crippen molar-refractivity contribution in [3.05, 3.63) is 10.6 Å². The average molecular weight is 230 g/mol.